The minimum absolute atomic E-state index is 0.819. The van der Waals surface area contributed by atoms with Gasteiger partial charge in [-0.25, -0.2) is 9.97 Å². The summed E-state index contributed by atoms with van der Waals surface area (Å²) in [4.78, 5) is 9.95. The molecule has 87 heavy (non-hydrogen) atoms. The van der Waals surface area contributed by atoms with E-state index in [9.17, 15) is 0 Å². The van der Waals surface area contributed by atoms with E-state index in [0.717, 1.165) is 61.8 Å². The zero-order valence-corrected chi connectivity index (χ0v) is 47.7. The van der Waals surface area contributed by atoms with Crippen LogP contribution in [0.25, 0.3) is 154 Å². The van der Waals surface area contributed by atoms with Crippen molar-refractivity contribution in [3.63, 3.8) is 0 Å². The summed E-state index contributed by atoms with van der Waals surface area (Å²) in [6, 6.07) is 109. The predicted molar refractivity (Wildman–Crippen MR) is 367 cm³/mol. The Morgan fingerprint density at radius 2 is 0.701 bits per heavy atom. The topological polar surface area (TPSA) is 35.6 Å². The Morgan fingerprint density at radius 3 is 1.23 bits per heavy atom. The van der Waals surface area contributed by atoms with E-state index < -0.39 is 0 Å². The van der Waals surface area contributed by atoms with Crippen molar-refractivity contribution in [2.24, 2.45) is 0 Å². The molecule has 0 bridgehead atoms. The fourth-order valence-corrected chi connectivity index (χ4v) is 13.5. The van der Waals surface area contributed by atoms with Crippen molar-refractivity contribution in [2.75, 3.05) is 0 Å². The van der Waals surface area contributed by atoms with Gasteiger partial charge in [-0.05, 0) is 189 Å². The fourth-order valence-electron chi connectivity index (χ4n) is 13.5. The first kappa shape index (κ1) is 51.0. The van der Waals surface area contributed by atoms with Gasteiger partial charge in [0.05, 0.1) is 22.1 Å². The van der Waals surface area contributed by atoms with Gasteiger partial charge in [-0.15, -0.1) is 6.42 Å². The van der Waals surface area contributed by atoms with Gasteiger partial charge < -0.3 is 0 Å². The number of aryl methyl sites for hydroxylation is 1. The molecule has 0 spiro atoms. The maximum absolute atomic E-state index is 5.77. The van der Waals surface area contributed by atoms with Crippen molar-refractivity contribution < 1.29 is 0 Å². The van der Waals surface area contributed by atoms with Crippen LogP contribution in [0.1, 0.15) is 11.4 Å². The smallest absolute Gasteiger partial charge is 0.145 e. The van der Waals surface area contributed by atoms with Crippen LogP contribution in [0.4, 0.5) is 0 Å². The Hall–Kier alpha value is -11.6. The lowest BCUT2D eigenvalue weighted by Crippen LogP contribution is -1.97. The highest BCUT2D eigenvalue weighted by atomic mass is 15.1. The highest BCUT2D eigenvalue weighted by Gasteiger charge is 2.21. The molecule has 0 atom stereocenters. The Balaban J connectivity index is 0.000000142. The SMILES string of the molecule is C#Cc1ccc2c(c1)nc(-c1cccc(-c3c4ccccc4c(-c4ccc5ccccc5c4)c4ccccc34)c1)n2-c1ccccc1.Cc1nc2ccccc2n1-c1ccc(-c2c3ccccc3c(-c3ccc4ccccc4c3)c3ccccc23)cc1. The molecule has 2 heterocycles. The van der Waals surface area contributed by atoms with Gasteiger partial charge in [0.2, 0.25) is 0 Å². The summed E-state index contributed by atoms with van der Waals surface area (Å²) in [6.45, 7) is 2.07. The van der Waals surface area contributed by atoms with E-state index in [4.69, 9.17) is 16.4 Å². The molecule has 0 fully saturated rings. The lowest BCUT2D eigenvalue weighted by Gasteiger charge is -2.18. The van der Waals surface area contributed by atoms with Crippen LogP contribution >= 0.6 is 0 Å². The maximum Gasteiger partial charge on any atom is 0.145 e. The molecule has 15 aromatic carbocycles. The van der Waals surface area contributed by atoms with Crippen molar-refractivity contribution in [2.45, 2.75) is 6.92 Å². The first-order valence-electron chi connectivity index (χ1n) is 29.6. The molecule has 17 rings (SSSR count). The Morgan fingerprint density at radius 1 is 0.287 bits per heavy atom. The quantitative estimate of drug-likeness (QED) is 0.118. The van der Waals surface area contributed by atoms with Gasteiger partial charge in [0.1, 0.15) is 11.6 Å². The van der Waals surface area contributed by atoms with E-state index in [1.54, 1.807) is 0 Å². The molecule has 406 valence electrons. The first-order valence-corrected chi connectivity index (χ1v) is 29.6. The average molecular weight is 1110 g/mol. The Bertz CT molecular complexity index is 5490. The van der Waals surface area contributed by atoms with E-state index in [1.165, 1.54) is 104 Å². The number of benzene rings is 15. The number of rotatable bonds is 7. The van der Waals surface area contributed by atoms with Crippen molar-refractivity contribution in [1.82, 2.24) is 19.1 Å². The van der Waals surface area contributed by atoms with Crippen LogP contribution < -0.4 is 0 Å². The van der Waals surface area contributed by atoms with Gasteiger partial charge >= 0.3 is 0 Å². The molecule has 17 aromatic rings. The molecule has 0 aliphatic carbocycles. The van der Waals surface area contributed by atoms with E-state index in [1.807, 2.05) is 24.3 Å². The molecular weight excluding hydrogens is 1050 g/mol. The van der Waals surface area contributed by atoms with Gasteiger partial charge in [0, 0.05) is 22.5 Å². The molecule has 0 aliphatic rings. The number of fused-ring (bicyclic) bond motifs is 8. The number of hydrogen-bond acceptors (Lipinski definition) is 2. The van der Waals surface area contributed by atoms with E-state index in [0.29, 0.717) is 0 Å². The molecule has 0 radical (unpaired) electrons. The Kier molecular flexibility index (Phi) is 12.4. The largest absolute Gasteiger partial charge is 0.297 e. The fraction of sp³-hybridized carbons (Fsp3) is 0.0120. The highest BCUT2D eigenvalue weighted by molar-refractivity contribution is 6.23. The number of nitrogens with zero attached hydrogens (tertiary/aromatic N) is 4. The van der Waals surface area contributed by atoms with Crippen LogP contribution in [0.5, 0.6) is 0 Å². The van der Waals surface area contributed by atoms with Crippen LogP contribution in [-0.2, 0) is 0 Å². The van der Waals surface area contributed by atoms with Crippen LogP contribution in [0, 0.1) is 19.3 Å². The normalized spacial score (nSPS) is 11.5. The van der Waals surface area contributed by atoms with Crippen LogP contribution in [0.2, 0.25) is 0 Å². The third-order valence-electron chi connectivity index (χ3n) is 17.3. The molecule has 0 aliphatic heterocycles. The number of terminal acetylenes is 1. The number of para-hydroxylation sites is 3. The molecule has 0 unspecified atom stereocenters. The van der Waals surface area contributed by atoms with E-state index >= 15 is 0 Å². The second kappa shape index (κ2) is 21.2. The van der Waals surface area contributed by atoms with Gasteiger partial charge in [-0.1, -0.05) is 236 Å². The predicted octanol–water partition coefficient (Wildman–Crippen LogP) is 21.6. The third-order valence-corrected chi connectivity index (χ3v) is 17.3. The number of aromatic nitrogens is 4. The average Bonchev–Trinajstić information content (AvgIpc) is 1.92. The lowest BCUT2D eigenvalue weighted by atomic mass is 9.85. The maximum atomic E-state index is 5.77. The van der Waals surface area contributed by atoms with Crippen molar-refractivity contribution in [1.29, 1.82) is 0 Å². The molecule has 0 N–H and O–H groups in total. The summed E-state index contributed by atoms with van der Waals surface area (Å²) in [5.74, 6) is 4.64. The lowest BCUT2D eigenvalue weighted by molar-refractivity contribution is 1.00. The van der Waals surface area contributed by atoms with Crippen molar-refractivity contribution >= 4 is 86.7 Å². The van der Waals surface area contributed by atoms with Gasteiger partial charge in [-0.3, -0.25) is 9.13 Å². The van der Waals surface area contributed by atoms with Gasteiger partial charge in [-0.2, -0.15) is 0 Å². The molecule has 0 saturated heterocycles. The minimum Gasteiger partial charge on any atom is -0.297 e. The van der Waals surface area contributed by atoms with Crippen LogP contribution in [0.15, 0.2) is 303 Å². The highest BCUT2D eigenvalue weighted by Crippen LogP contribution is 2.47. The minimum atomic E-state index is 0.819. The summed E-state index contributed by atoms with van der Waals surface area (Å²) in [5, 5.41) is 15.0. The molecular formula is C83H54N4. The zero-order valence-electron chi connectivity index (χ0n) is 47.7. The van der Waals surface area contributed by atoms with Crippen molar-refractivity contribution in [3.05, 3.63) is 315 Å². The summed E-state index contributed by atoms with van der Waals surface area (Å²) in [7, 11) is 0. The van der Waals surface area contributed by atoms with E-state index in [-0.39, 0.29) is 0 Å². The molecule has 0 amide bonds. The summed E-state index contributed by atoms with van der Waals surface area (Å²) >= 11 is 0. The second-order valence-corrected chi connectivity index (χ2v) is 22.4. The molecule has 4 nitrogen and oxygen atoms in total. The standard InChI is InChI=1S/C45H28N2.C38H26N2/c1-2-30-23-26-42-41(27-30)46-45(47(42)36-17-4-3-5-18-36)35-16-12-15-33(29-35)43-37-19-8-10-21-39(37)44(40-22-11-9-20-38(40)43)34-25-24-31-13-6-7-14-32(31)28-34;1-25-39-35-16-8-9-17-36(35)40(25)30-22-20-27(21-23-30)37-31-12-4-6-14-33(31)38(34-15-7-5-13-32(34)37)29-19-18-26-10-2-3-11-28(26)24-29/h1,3-29H;2-24H,1H3. The molecule has 2 aromatic heterocycles. The number of imidazole rings is 2. The van der Waals surface area contributed by atoms with Crippen LogP contribution in [-0.4, -0.2) is 19.1 Å². The van der Waals surface area contributed by atoms with Crippen molar-refractivity contribution in [3.8, 4) is 79.6 Å². The number of hydrogen-bond donors (Lipinski definition) is 0. The molecule has 0 saturated carbocycles. The summed E-state index contributed by atoms with van der Waals surface area (Å²) < 4.78 is 4.46. The molecule has 4 heteroatoms. The second-order valence-electron chi connectivity index (χ2n) is 22.4. The van der Waals surface area contributed by atoms with Gasteiger partial charge in [0.15, 0.2) is 0 Å². The van der Waals surface area contributed by atoms with Crippen LogP contribution in [0.3, 0.4) is 0 Å². The first-order chi connectivity index (χ1) is 43.0. The zero-order chi connectivity index (χ0) is 58.0. The van der Waals surface area contributed by atoms with Gasteiger partial charge in [0.25, 0.3) is 0 Å². The van der Waals surface area contributed by atoms with E-state index in [2.05, 4.69) is 301 Å². The summed E-state index contributed by atoms with van der Waals surface area (Å²) in [5.41, 5.74) is 17.9. The Labute approximate surface area is 504 Å². The summed E-state index contributed by atoms with van der Waals surface area (Å²) in [6.07, 6.45) is 5.77. The monoisotopic (exact) mass is 1110 g/mol. The third kappa shape index (κ3) is 8.80.